The van der Waals surface area contributed by atoms with Crippen molar-refractivity contribution >= 4 is 40.1 Å². The van der Waals surface area contributed by atoms with Crippen molar-refractivity contribution in [3.8, 4) is 5.75 Å². The second kappa shape index (κ2) is 9.16. The molecular weight excluding hydrogens is 473 g/mol. The maximum absolute atomic E-state index is 13.7. The Hall–Kier alpha value is -3.28. The van der Waals surface area contributed by atoms with Gasteiger partial charge in [-0.15, -0.1) is 0 Å². The number of rotatable bonds is 6. The lowest BCUT2D eigenvalue weighted by molar-refractivity contribution is 0.0714. The van der Waals surface area contributed by atoms with E-state index in [4.69, 9.17) is 32.4 Å². The van der Waals surface area contributed by atoms with E-state index in [2.05, 4.69) is 0 Å². The van der Waals surface area contributed by atoms with E-state index in [0.717, 1.165) is 17.5 Å². The molecule has 0 N–H and O–H groups in total. The van der Waals surface area contributed by atoms with Crippen LogP contribution in [0.5, 0.6) is 5.75 Å². The van der Waals surface area contributed by atoms with E-state index in [0.29, 0.717) is 38.9 Å². The fraction of sp³-hybridized carbons (Fsp3) is 0.185. The molecule has 0 radical (unpaired) electrons. The van der Waals surface area contributed by atoms with Crippen molar-refractivity contribution in [2.75, 3.05) is 6.61 Å². The van der Waals surface area contributed by atoms with Crippen molar-refractivity contribution in [1.29, 1.82) is 0 Å². The first-order valence-electron chi connectivity index (χ1n) is 11.0. The quantitative estimate of drug-likeness (QED) is 0.302. The van der Waals surface area contributed by atoms with E-state index < -0.39 is 6.04 Å². The SMILES string of the molecule is CCCOc1cccc(C2c3c(oc4ccc(Cl)cc4c3=O)C(=O)N2Cc2ccccc2Cl)c1. The van der Waals surface area contributed by atoms with Crippen molar-refractivity contribution in [2.45, 2.75) is 25.9 Å². The minimum atomic E-state index is -0.663. The van der Waals surface area contributed by atoms with E-state index in [9.17, 15) is 9.59 Å². The van der Waals surface area contributed by atoms with Gasteiger partial charge in [0.05, 0.1) is 23.6 Å². The number of ether oxygens (including phenoxy) is 1. The smallest absolute Gasteiger partial charge is 0.291 e. The van der Waals surface area contributed by atoms with E-state index in [1.807, 2.05) is 49.4 Å². The van der Waals surface area contributed by atoms with Gasteiger partial charge < -0.3 is 14.1 Å². The van der Waals surface area contributed by atoms with E-state index >= 15 is 0 Å². The number of hydrogen-bond acceptors (Lipinski definition) is 4. The largest absolute Gasteiger partial charge is 0.494 e. The Bertz CT molecular complexity index is 1460. The van der Waals surface area contributed by atoms with Crippen molar-refractivity contribution in [3.63, 3.8) is 0 Å². The summed E-state index contributed by atoms with van der Waals surface area (Å²) in [6.07, 6.45) is 0.865. The van der Waals surface area contributed by atoms with Gasteiger partial charge in [0.2, 0.25) is 5.76 Å². The molecule has 172 valence electrons. The summed E-state index contributed by atoms with van der Waals surface area (Å²) < 4.78 is 11.8. The Morgan fingerprint density at radius 1 is 1.00 bits per heavy atom. The number of carbonyl (C=O) groups excluding carboxylic acids is 1. The first-order chi connectivity index (χ1) is 16.5. The molecule has 0 saturated heterocycles. The second-order valence-electron chi connectivity index (χ2n) is 8.16. The lowest BCUT2D eigenvalue weighted by atomic mass is 9.98. The van der Waals surface area contributed by atoms with Gasteiger partial charge in [0, 0.05) is 16.6 Å². The van der Waals surface area contributed by atoms with Crippen LogP contribution in [0.1, 0.15) is 46.6 Å². The van der Waals surface area contributed by atoms with Gasteiger partial charge in [-0.1, -0.05) is 60.5 Å². The molecule has 0 bridgehead atoms. The summed E-state index contributed by atoms with van der Waals surface area (Å²) in [6, 6.07) is 18.9. The van der Waals surface area contributed by atoms with Crippen LogP contribution in [0.2, 0.25) is 10.0 Å². The van der Waals surface area contributed by atoms with Gasteiger partial charge in [-0.25, -0.2) is 0 Å². The molecular formula is C27H21Cl2NO4. The zero-order valence-corrected chi connectivity index (χ0v) is 19.9. The van der Waals surface area contributed by atoms with Crippen molar-refractivity contribution in [2.24, 2.45) is 0 Å². The molecule has 1 aliphatic rings. The van der Waals surface area contributed by atoms with Crippen LogP contribution >= 0.6 is 23.2 Å². The van der Waals surface area contributed by atoms with Gasteiger partial charge >= 0.3 is 0 Å². The summed E-state index contributed by atoms with van der Waals surface area (Å²) in [7, 11) is 0. The summed E-state index contributed by atoms with van der Waals surface area (Å²) in [6.45, 7) is 2.81. The third-order valence-electron chi connectivity index (χ3n) is 5.87. The molecule has 0 spiro atoms. The molecule has 0 fully saturated rings. The van der Waals surface area contributed by atoms with E-state index in [-0.39, 0.29) is 23.6 Å². The predicted molar refractivity (Wildman–Crippen MR) is 133 cm³/mol. The minimum Gasteiger partial charge on any atom is -0.494 e. The fourth-order valence-electron chi connectivity index (χ4n) is 4.31. The van der Waals surface area contributed by atoms with Crippen LogP contribution in [-0.2, 0) is 6.54 Å². The van der Waals surface area contributed by atoms with Gasteiger partial charge in [-0.05, 0) is 53.9 Å². The van der Waals surface area contributed by atoms with Crippen LogP contribution in [0, 0.1) is 0 Å². The second-order valence-corrected chi connectivity index (χ2v) is 9.01. The third kappa shape index (κ3) is 3.95. The lowest BCUT2D eigenvalue weighted by Crippen LogP contribution is -2.29. The van der Waals surface area contributed by atoms with Crippen LogP contribution in [-0.4, -0.2) is 17.4 Å². The Balaban J connectivity index is 1.70. The van der Waals surface area contributed by atoms with Gasteiger partial charge in [0.15, 0.2) is 5.43 Å². The van der Waals surface area contributed by atoms with Gasteiger partial charge in [-0.2, -0.15) is 0 Å². The first kappa shape index (κ1) is 22.5. The van der Waals surface area contributed by atoms with E-state index in [1.54, 1.807) is 29.2 Å². The molecule has 5 rings (SSSR count). The molecule has 1 aliphatic heterocycles. The first-order valence-corrected chi connectivity index (χ1v) is 11.8. The number of halogens is 2. The summed E-state index contributed by atoms with van der Waals surface area (Å²) in [5, 5.41) is 1.30. The predicted octanol–water partition coefficient (Wildman–Crippen LogP) is 6.63. The van der Waals surface area contributed by atoms with Gasteiger partial charge in [0.1, 0.15) is 11.3 Å². The summed E-state index contributed by atoms with van der Waals surface area (Å²) in [5.41, 5.74) is 1.85. The third-order valence-corrected chi connectivity index (χ3v) is 6.48. The molecule has 5 nitrogen and oxygen atoms in total. The molecule has 4 aromatic rings. The number of hydrogen-bond donors (Lipinski definition) is 0. The molecule has 3 aromatic carbocycles. The number of amides is 1. The Morgan fingerprint density at radius 2 is 1.82 bits per heavy atom. The average Bonchev–Trinajstić information content (AvgIpc) is 3.11. The molecule has 1 atom stereocenters. The standard InChI is InChI=1S/C27H21Cl2NO4/c1-2-12-33-19-8-5-7-16(13-19)24-23-25(31)20-14-18(28)10-11-22(20)34-26(23)27(32)30(24)15-17-6-3-4-9-21(17)29/h3-11,13-14,24H,2,12,15H2,1H3. The maximum atomic E-state index is 13.7. The summed E-state index contributed by atoms with van der Waals surface area (Å²) >= 11 is 12.6. The summed E-state index contributed by atoms with van der Waals surface area (Å²) in [5.74, 6) is 0.344. The zero-order valence-electron chi connectivity index (χ0n) is 18.4. The number of carbonyl (C=O) groups is 1. The highest BCUT2D eigenvalue weighted by Gasteiger charge is 2.43. The maximum Gasteiger partial charge on any atom is 0.291 e. The average molecular weight is 494 g/mol. The number of nitrogens with zero attached hydrogens (tertiary/aromatic N) is 1. The van der Waals surface area contributed by atoms with Crippen LogP contribution in [0.25, 0.3) is 11.0 Å². The monoisotopic (exact) mass is 493 g/mol. The molecule has 1 unspecified atom stereocenters. The van der Waals surface area contributed by atoms with Crippen molar-refractivity contribution in [1.82, 2.24) is 4.90 Å². The zero-order chi connectivity index (χ0) is 23.8. The van der Waals surface area contributed by atoms with Crippen molar-refractivity contribution in [3.05, 3.63) is 109 Å². The highest BCUT2D eigenvalue weighted by Crippen LogP contribution is 2.40. The normalized spacial score (nSPS) is 15.1. The van der Waals surface area contributed by atoms with Crippen LogP contribution < -0.4 is 10.2 Å². The lowest BCUT2D eigenvalue weighted by Gasteiger charge is -2.26. The molecule has 1 aromatic heterocycles. The molecule has 34 heavy (non-hydrogen) atoms. The molecule has 7 heteroatoms. The Kier molecular flexibility index (Phi) is 6.07. The molecule has 2 heterocycles. The highest BCUT2D eigenvalue weighted by molar-refractivity contribution is 6.31. The Labute approximate surface area is 206 Å². The fourth-order valence-corrected chi connectivity index (χ4v) is 4.67. The van der Waals surface area contributed by atoms with Gasteiger partial charge in [0.25, 0.3) is 5.91 Å². The highest BCUT2D eigenvalue weighted by atomic mass is 35.5. The van der Waals surface area contributed by atoms with Crippen molar-refractivity contribution < 1.29 is 13.9 Å². The number of fused-ring (bicyclic) bond motifs is 2. The topological polar surface area (TPSA) is 59.8 Å². The Morgan fingerprint density at radius 3 is 2.62 bits per heavy atom. The van der Waals surface area contributed by atoms with Crippen LogP contribution in [0.4, 0.5) is 0 Å². The molecule has 0 aliphatic carbocycles. The van der Waals surface area contributed by atoms with Crippen LogP contribution in [0.3, 0.4) is 0 Å². The van der Waals surface area contributed by atoms with Gasteiger partial charge in [-0.3, -0.25) is 9.59 Å². The molecule has 0 saturated carbocycles. The number of benzene rings is 3. The molecule has 1 amide bonds. The minimum absolute atomic E-state index is 0.0387. The summed E-state index contributed by atoms with van der Waals surface area (Å²) in [4.78, 5) is 28.9. The van der Waals surface area contributed by atoms with E-state index in [1.165, 1.54) is 0 Å². The van der Waals surface area contributed by atoms with Crippen LogP contribution in [0.15, 0.2) is 75.9 Å².